The highest BCUT2D eigenvalue weighted by atomic mass is 32.1. The predicted octanol–water partition coefficient (Wildman–Crippen LogP) is 4.00. The highest BCUT2D eigenvalue weighted by Gasteiger charge is 2.25. The Hall–Kier alpha value is -1.03. The Morgan fingerprint density at radius 1 is 1.10 bits per heavy atom. The van der Waals surface area contributed by atoms with Crippen molar-refractivity contribution in [3.05, 3.63) is 16.5 Å². The first-order chi connectivity index (χ1) is 9.75. The molecule has 0 atom stereocenters. The van der Waals surface area contributed by atoms with Gasteiger partial charge in [-0.1, -0.05) is 19.3 Å². The number of nitrogens with two attached hydrogens (primary N) is 1. The third-order valence-electron chi connectivity index (χ3n) is 4.66. The summed E-state index contributed by atoms with van der Waals surface area (Å²) in [6, 6.07) is 2.09. The lowest BCUT2D eigenvalue weighted by molar-refractivity contribution is 0.0726. The summed E-state index contributed by atoms with van der Waals surface area (Å²) in [7, 11) is 0. The number of hydrogen-bond acceptors (Lipinski definition) is 3. The van der Waals surface area contributed by atoms with E-state index in [2.05, 4.69) is 6.07 Å². The number of anilines is 1. The number of carbonyl (C=O) groups is 1. The van der Waals surface area contributed by atoms with Gasteiger partial charge < -0.3 is 10.6 Å². The molecule has 0 bridgehead atoms. The molecular weight excluding hydrogens is 268 g/mol. The van der Waals surface area contributed by atoms with Crippen LogP contribution in [0.3, 0.4) is 0 Å². The summed E-state index contributed by atoms with van der Waals surface area (Å²) in [5.74, 6) is 0.791. The minimum absolute atomic E-state index is 0.153. The Morgan fingerprint density at radius 3 is 2.45 bits per heavy atom. The van der Waals surface area contributed by atoms with Gasteiger partial charge >= 0.3 is 0 Å². The first-order valence-corrected chi connectivity index (χ1v) is 8.76. The number of amides is 1. The van der Waals surface area contributed by atoms with Crippen LogP contribution < -0.4 is 5.73 Å². The third-order valence-corrected chi connectivity index (χ3v) is 5.79. The normalized spacial score (nSPS) is 21.1. The number of nitrogen functional groups attached to an aromatic ring is 1. The molecule has 2 fully saturated rings. The molecule has 2 heterocycles. The summed E-state index contributed by atoms with van der Waals surface area (Å²) in [4.78, 5) is 15.9. The predicted molar refractivity (Wildman–Crippen MR) is 84.3 cm³/mol. The van der Waals surface area contributed by atoms with E-state index in [9.17, 15) is 4.79 Å². The molecule has 1 aromatic heterocycles. The largest absolute Gasteiger partial charge is 0.390 e. The van der Waals surface area contributed by atoms with E-state index < -0.39 is 0 Å². The molecule has 1 aliphatic carbocycles. The molecule has 1 aromatic rings. The zero-order valence-electron chi connectivity index (χ0n) is 12.1. The van der Waals surface area contributed by atoms with Crippen LogP contribution in [0, 0.1) is 0 Å². The van der Waals surface area contributed by atoms with Gasteiger partial charge in [-0.25, -0.2) is 0 Å². The summed E-state index contributed by atoms with van der Waals surface area (Å²) in [6.45, 7) is 1.79. The van der Waals surface area contributed by atoms with E-state index in [1.165, 1.54) is 43.4 Å². The summed E-state index contributed by atoms with van der Waals surface area (Å²) < 4.78 is 0. The van der Waals surface area contributed by atoms with Crippen LogP contribution in [0.2, 0.25) is 0 Å². The third kappa shape index (κ3) is 2.85. The molecule has 0 radical (unpaired) electrons. The molecule has 0 spiro atoms. The standard InChI is InChI=1S/C16H24N2OS/c17-15-13(16(19)18-9-5-2-6-10-18)11-14(20-15)12-7-3-1-4-8-12/h11-12H,1-10,17H2. The fourth-order valence-corrected chi connectivity index (χ4v) is 4.54. The average molecular weight is 292 g/mol. The van der Waals surface area contributed by atoms with Gasteiger partial charge in [0.2, 0.25) is 0 Å². The van der Waals surface area contributed by atoms with E-state index in [-0.39, 0.29) is 5.91 Å². The number of piperidine rings is 1. The van der Waals surface area contributed by atoms with E-state index in [4.69, 9.17) is 5.73 Å². The molecule has 3 rings (SSSR count). The monoisotopic (exact) mass is 292 g/mol. The van der Waals surface area contributed by atoms with Gasteiger partial charge in [0.15, 0.2) is 0 Å². The van der Waals surface area contributed by atoms with Gasteiger partial charge in [-0.2, -0.15) is 0 Å². The summed E-state index contributed by atoms with van der Waals surface area (Å²) >= 11 is 1.64. The second-order valence-corrected chi connectivity index (χ2v) is 7.23. The maximum Gasteiger partial charge on any atom is 0.256 e. The van der Waals surface area contributed by atoms with Crippen LogP contribution in [0.15, 0.2) is 6.07 Å². The van der Waals surface area contributed by atoms with Crippen molar-refractivity contribution in [1.82, 2.24) is 4.90 Å². The topological polar surface area (TPSA) is 46.3 Å². The molecule has 1 saturated carbocycles. The van der Waals surface area contributed by atoms with Crippen molar-refractivity contribution in [3.8, 4) is 0 Å². The second-order valence-electron chi connectivity index (χ2n) is 6.11. The van der Waals surface area contributed by atoms with Crippen molar-refractivity contribution in [2.24, 2.45) is 0 Å². The highest BCUT2D eigenvalue weighted by molar-refractivity contribution is 7.16. The minimum atomic E-state index is 0.153. The quantitative estimate of drug-likeness (QED) is 0.895. The van der Waals surface area contributed by atoms with E-state index in [0.717, 1.165) is 36.5 Å². The van der Waals surface area contributed by atoms with Gasteiger partial charge in [-0.3, -0.25) is 4.79 Å². The molecule has 0 aromatic carbocycles. The fourth-order valence-electron chi connectivity index (χ4n) is 3.45. The van der Waals surface area contributed by atoms with Crippen LogP contribution in [0.5, 0.6) is 0 Å². The van der Waals surface area contributed by atoms with E-state index in [0.29, 0.717) is 5.92 Å². The summed E-state index contributed by atoms with van der Waals surface area (Å²) in [6.07, 6.45) is 10.0. The van der Waals surface area contributed by atoms with Crippen molar-refractivity contribution < 1.29 is 4.79 Å². The zero-order valence-corrected chi connectivity index (χ0v) is 12.9. The molecule has 1 saturated heterocycles. The molecule has 110 valence electrons. The van der Waals surface area contributed by atoms with Gasteiger partial charge in [0.1, 0.15) is 0 Å². The molecule has 1 aliphatic heterocycles. The van der Waals surface area contributed by atoms with Crippen LogP contribution in [-0.2, 0) is 0 Å². The Bertz CT molecular complexity index is 471. The molecule has 0 unspecified atom stereocenters. The van der Waals surface area contributed by atoms with Gasteiger partial charge in [0.05, 0.1) is 10.6 Å². The molecule has 1 amide bonds. The molecule has 4 heteroatoms. The van der Waals surface area contributed by atoms with Gasteiger partial charge in [0, 0.05) is 18.0 Å². The van der Waals surface area contributed by atoms with Gasteiger partial charge in [-0.05, 0) is 44.1 Å². The van der Waals surface area contributed by atoms with Crippen molar-refractivity contribution in [3.63, 3.8) is 0 Å². The molecule has 3 nitrogen and oxygen atoms in total. The van der Waals surface area contributed by atoms with Crippen molar-refractivity contribution in [2.45, 2.75) is 57.3 Å². The first-order valence-electron chi connectivity index (χ1n) is 7.94. The lowest BCUT2D eigenvalue weighted by Gasteiger charge is -2.26. The lowest BCUT2D eigenvalue weighted by Crippen LogP contribution is -2.35. The smallest absolute Gasteiger partial charge is 0.256 e. The zero-order chi connectivity index (χ0) is 13.9. The number of likely N-dealkylation sites (tertiary alicyclic amines) is 1. The summed E-state index contributed by atoms with van der Waals surface area (Å²) in [5.41, 5.74) is 6.89. The average Bonchev–Trinajstić information content (AvgIpc) is 2.90. The van der Waals surface area contributed by atoms with Crippen LogP contribution in [0.4, 0.5) is 5.00 Å². The summed E-state index contributed by atoms with van der Waals surface area (Å²) in [5, 5.41) is 0.723. The number of carbonyl (C=O) groups excluding carboxylic acids is 1. The van der Waals surface area contributed by atoms with E-state index >= 15 is 0 Å². The second kappa shape index (κ2) is 6.17. The number of rotatable bonds is 2. The highest BCUT2D eigenvalue weighted by Crippen LogP contribution is 2.39. The van der Waals surface area contributed by atoms with E-state index in [1.54, 1.807) is 11.3 Å². The number of nitrogens with zero attached hydrogens (tertiary/aromatic N) is 1. The fraction of sp³-hybridized carbons (Fsp3) is 0.688. The Morgan fingerprint density at radius 2 is 1.75 bits per heavy atom. The van der Waals surface area contributed by atoms with Crippen molar-refractivity contribution in [2.75, 3.05) is 18.8 Å². The molecule has 2 N–H and O–H groups in total. The van der Waals surface area contributed by atoms with Crippen LogP contribution >= 0.6 is 11.3 Å². The van der Waals surface area contributed by atoms with Gasteiger partial charge in [0.25, 0.3) is 5.91 Å². The molecule has 2 aliphatic rings. The molecular formula is C16H24N2OS. The minimum Gasteiger partial charge on any atom is -0.390 e. The van der Waals surface area contributed by atoms with Crippen molar-refractivity contribution >= 4 is 22.2 Å². The van der Waals surface area contributed by atoms with Crippen molar-refractivity contribution in [1.29, 1.82) is 0 Å². The maximum atomic E-state index is 12.6. The van der Waals surface area contributed by atoms with Crippen LogP contribution in [0.1, 0.15) is 72.5 Å². The number of hydrogen-bond donors (Lipinski definition) is 1. The maximum absolute atomic E-state index is 12.6. The first kappa shape index (κ1) is 13.9. The van der Waals surface area contributed by atoms with Crippen LogP contribution in [-0.4, -0.2) is 23.9 Å². The lowest BCUT2D eigenvalue weighted by atomic mass is 9.88. The Labute approximate surface area is 125 Å². The van der Waals surface area contributed by atoms with Gasteiger partial charge in [-0.15, -0.1) is 11.3 Å². The number of thiophene rings is 1. The van der Waals surface area contributed by atoms with E-state index in [1.807, 2.05) is 4.90 Å². The SMILES string of the molecule is Nc1sc(C2CCCCC2)cc1C(=O)N1CCCCC1. The molecule has 20 heavy (non-hydrogen) atoms. The Kier molecular flexibility index (Phi) is 4.29. The Balaban J connectivity index is 1.75. The van der Waals surface area contributed by atoms with Crippen LogP contribution in [0.25, 0.3) is 0 Å².